The minimum Gasteiger partial charge on any atom is -0.376 e. The first kappa shape index (κ1) is 68.6. The third-order valence-corrected chi connectivity index (χ3v) is 38.4. The Morgan fingerprint density at radius 3 is 0.538 bits per heavy atom. The molecule has 17 rings (SSSR count). The molecule has 8 heteroatoms. The molecule has 13 aromatic carbocycles. The van der Waals surface area contributed by atoms with Crippen LogP contribution in [0.25, 0.3) is 43.1 Å². The third kappa shape index (κ3) is 10.2. The molecule has 0 amide bonds. The average Bonchev–Trinajstić information content (AvgIpc) is 1.53. The van der Waals surface area contributed by atoms with Crippen molar-refractivity contribution in [1.29, 1.82) is 0 Å². The number of aliphatic hydroxyl groups is 4. The SMILES string of the molecule is C[Si]1(C)C(c2ccc(C3=C(C(O)(c4ccccc4)c4ccccc4)c4cc5c(cc4[Si]3(C)C)C(C(O)(c3ccccc3)c3ccccc3)=C(c3ccc(C4=C(C(O)(c6ccccc6)c6ccccc6)c6ccccc6[Si]4(C)C)cc3)[Si]5(C)C)cc2)=C(C(O)(c2ccccc2)c2ccccc2)c2ccccc21. The van der Waals surface area contributed by atoms with Crippen molar-refractivity contribution in [2.45, 2.75) is 74.8 Å². The maximum absolute atomic E-state index is 14.9. The smallest absolute Gasteiger partial charge is 0.141 e. The van der Waals surface area contributed by atoms with Crippen LogP contribution in [0.4, 0.5) is 0 Å². The summed E-state index contributed by atoms with van der Waals surface area (Å²) in [4.78, 5) is 0. The Labute approximate surface area is 627 Å². The fourth-order valence-electron chi connectivity index (χ4n) is 19.3. The zero-order chi connectivity index (χ0) is 73.2. The molecule has 0 atom stereocenters. The van der Waals surface area contributed by atoms with Crippen LogP contribution in [0.15, 0.2) is 352 Å². The predicted octanol–water partition coefficient (Wildman–Crippen LogP) is 18.9. The lowest BCUT2D eigenvalue weighted by atomic mass is 9.74. The van der Waals surface area contributed by atoms with Crippen LogP contribution in [0.2, 0.25) is 52.4 Å². The Bertz CT molecular complexity index is 5180. The Morgan fingerprint density at radius 2 is 0.340 bits per heavy atom. The van der Waals surface area contributed by atoms with E-state index in [-0.39, 0.29) is 0 Å². The van der Waals surface area contributed by atoms with Crippen LogP contribution in [0, 0.1) is 0 Å². The molecular formula is C98H86O4Si4. The number of fused-ring (bicyclic) bond motifs is 4. The third-order valence-electron chi connectivity index (χ3n) is 24.2. The first-order chi connectivity index (χ1) is 51.2. The largest absolute Gasteiger partial charge is 0.376 e. The van der Waals surface area contributed by atoms with Gasteiger partial charge in [-0.15, -0.1) is 0 Å². The van der Waals surface area contributed by atoms with Crippen molar-refractivity contribution < 1.29 is 20.4 Å². The zero-order valence-corrected chi connectivity index (χ0v) is 65.3. The van der Waals surface area contributed by atoms with Crippen molar-refractivity contribution in [2.75, 3.05) is 0 Å². The first-order valence-corrected chi connectivity index (χ1v) is 49.1. The molecule has 518 valence electrons. The molecule has 106 heavy (non-hydrogen) atoms. The van der Waals surface area contributed by atoms with E-state index >= 15 is 0 Å². The summed E-state index contributed by atoms with van der Waals surface area (Å²) in [6.45, 7) is 19.6. The van der Waals surface area contributed by atoms with Gasteiger partial charge in [-0.25, -0.2) is 0 Å². The summed E-state index contributed by atoms with van der Waals surface area (Å²) in [5.41, 5.74) is 12.1. The number of benzene rings is 13. The summed E-state index contributed by atoms with van der Waals surface area (Å²) in [7, 11) is -11.2. The molecule has 0 bridgehead atoms. The van der Waals surface area contributed by atoms with Gasteiger partial charge in [-0.05, 0) is 153 Å². The van der Waals surface area contributed by atoms with Crippen molar-refractivity contribution in [3.63, 3.8) is 0 Å². The van der Waals surface area contributed by atoms with Gasteiger partial charge in [-0.1, -0.05) is 404 Å². The quantitative estimate of drug-likeness (QED) is 0.0727. The van der Waals surface area contributed by atoms with E-state index in [1.54, 1.807) is 0 Å². The first-order valence-electron chi connectivity index (χ1n) is 37.1. The van der Waals surface area contributed by atoms with E-state index in [9.17, 15) is 20.4 Å². The van der Waals surface area contributed by atoms with E-state index in [1.165, 1.54) is 31.1 Å². The van der Waals surface area contributed by atoms with Crippen LogP contribution >= 0.6 is 0 Å². The fraction of sp³-hybridized carbons (Fsp3) is 0.122. The van der Waals surface area contributed by atoms with Crippen LogP contribution in [-0.4, -0.2) is 52.7 Å². The highest BCUT2D eigenvalue weighted by Gasteiger charge is 2.56. The van der Waals surface area contributed by atoms with Crippen LogP contribution in [0.1, 0.15) is 89.0 Å². The van der Waals surface area contributed by atoms with E-state index in [2.05, 4.69) is 259 Å². The summed E-state index contributed by atoms with van der Waals surface area (Å²) < 4.78 is 0. The monoisotopic (exact) mass is 1440 g/mol. The molecule has 4 aliphatic heterocycles. The molecule has 0 aliphatic carbocycles. The van der Waals surface area contributed by atoms with E-state index in [0.29, 0.717) is 0 Å². The molecule has 4 heterocycles. The molecule has 0 spiro atoms. The summed E-state index contributed by atoms with van der Waals surface area (Å²) in [6, 6.07) is 123. The van der Waals surface area contributed by atoms with Crippen LogP contribution in [-0.2, 0) is 22.4 Å². The highest BCUT2D eigenvalue weighted by atomic mass is 28.3. The molecule has 0 radical (unpaired) electrons. The summed E-state index contributed by atoms with van der Waals surface area (Å²) in [5.74, 6) is 0. The van der Waals surface area contributed by atoms with Crippen LogP contribution in [0.5, 0.6) is 0 Å². The Balaban J connectivity index is 0.901. The average molecular weight is 1440 g/mol. The molecule has 0 fully saturated rings. The number of rotatable bonds is 16. The molecule has 4 N–H and O–H groups in total. The zero-order valence-electron chi connectivity index (χ0n) is 61.3. The van der Waals surface area contributed by atoms with Crippen molar-refractivity contribution in [3.05, 3.63) is 441 Å². The van der Waals surface area contributed by atoms with Gasteiger partial charge < -0.3 is 20.4 Å². The minimum atomic E-state index is -3.04. The predicted molar refractivity (Wildman–Crippen MR) is 451 cm³/mol. The molecule has 13 aromatic rings. The van der Waals surface area contributed by atoms with Gasteiger partial charge in [-0.2, -0.15) is 0 Å². The molecule has 0 aromatic heterocycles. The maximum atomic E-state index is 14.9. The second-order valence-corrected chi connectivity index (χ2v) is 48.6. The molecule has 4 aliphatic rings. The van der Waals surface area contributed by atoms with Gasteiger partial charge in [0.05, 0.1) is 0 Å². The fourth-order valence-corrected chi connectivity index (χ4v) is 33.2. The standard InChI is InChI=1S/C98H86O4Si4/c1-103(2)83-55-35-33-53-79(83)87(95(99,71-37-17-9-18-38-71)72-39-19-10-20-40-72)91(103)67-57-61-69(62-58-67)93-89(97(101,75-45-25-13-26-46-75)76-47-27-14-28-48-76)81-65-86-82(66-85(81)105(93,5)6)90(98(102,77-49-29-15-30-50-77)78-51-31-16-32-52-78)94(106(86,7)8)70-63-59-68(60-64-70)92-88(80-54-34-36-56-84(80)104(92,3)4)96(100,73-41-21-11-22-42-73)74-43-23-12-24-44-74/h9-66,99-102H,1-8H3. The lowest BCUT2D eigenvalue weighted by Gasteiger charge is -2.35. The Kier molecular flexibility index (Phi) is 16.6. The molecule has 4 nitrogen and oxygen atoms in total. The van der Waals surface area contributed by atoms with Crippen molar-refractivity contribution in [1.82, 2.24) is 0 Å². The highest BCUT2D eigenvalue weighted by Crippen LogP contribution is 2.59. The highest BCUT2D eigenvalue weighted by molar-refractivity contribution is 7.10. The van der Waals surface area contributed by atoms with Crippen LogP contribution < -0.4 is 20.7 Å². The second kappa shape index (κ2) is 25.7. The van der Waals surface area contributed by atoms with Gasteiger partial charge in [-0.3, -0.25) is 0 Å². The van der Waals surface area contributed by atoms with Gasteiger partial charge >= 0.3 is 0 Å². The van der Waals surface area contributed by atoms with Gasteiger partial charge in [0.25, 0.3) is 0 Å². The van der Waals surface area contributed by atoms with E-state index < -0.39 is 54.7 Å². The Hall–Kier alpha value is -10.5. The van der Waals surface area contributed by atoms with E-state index in [1.807, 2.05) is 146 Å². The van der Waals surface area contributed by atoms with Crippen molar-refractivity contribution in [3.8, 4) is 0 Å². The number of hydrogen-bond donors (Lipinski definition) is 4. The lowest BCUT2D eigenvalue weighted by molar-refractivity contribution is 0.145. The topological polar surface area (TPSA) is 80.9 Å². The summed E-state index contributed by atoms with van der Waals surface area (Å²) in [6.07, 6.45) is 0. The molecule has 0 unspecified atom stereocenters. The van der Waals surface area contributed by atoms with Gasteiger partial charge in [0.2, 0.25) is 0 Å². The maximum Gasteiger partial charge on any atom is 0.141 e. The molecule has 0 saturated heterocycles. The van der Waals surface area contributed by atoms with Gasteiger partial charge in [0.1, 0.15) is 54.7 Å². The van der Waals surface area contributed by atoms with Crippen molar-refractivity contribution >= 4 is 96.1 Å². The lowest BCUT2D eigenvalue weighted by Crippen LogP contribution is -2.45. The second-order valence-electron chi connectivity index (χ2n) is 31.5. The molecular weight excluding hydrogens is 1350 g/mol. The minimum absolute atomic E-state index is 0.773. The van der Waals surface area contributed by atoms with E-state index in [0.717, 1.165) is 122 Å². The number of hydrogen-bond acceptors (Lipinski definition) is 4. The normalized spacial score (nSPS) is 16.3. The summed E-state index contributed by atoms with van der Waals surface area (Å²) >= 11 is 0. The Morgan fingerprint density at radius 1 is 0.179 bits per heavy atom. The summed E-state index contributed by atoms with van der Waals surface area (Å²) in [5, 5.41) is 67.4. The molecule has 0 saturated carbocycles. The van der Waals surface area contributed by atoms with Crippen molar-refractivity contribution in [2.24, 2.45) is 0 Å². The van der Waals surface area contributed by atoms with Crippen LogP contribution in [0.3, 0.4) is 0 Å². The van der Waals surface area contributed by atoms with E-state index in [4.69, 9.17) is 0 Å². The van der Waals surface area contributed by atoms with Gasteiger partial charge in [0, 0.05) is 0 Å². The van der Waals surface area contributed by atoms with Gasteiger partial charge in [0.15, 0.2) is 0 Å².